The molecule has 0 aromatic heterocycles. The summed E-state index contributed by atoms with van der Waals surface area (Å²) in [5.74, 6) is -1.15. The number of rotatable bonds is 6. The van der Waals surface area contributed by atoms with Crippen molar-refractivity contribution in [2.75, 3.05) is 19.7 Å². The highest BCUT2D eigenvalue weighted by atomic mass is 35.5. The summed E-state index contributed by atoms with van der Waals surface area (Å²) >= 11 is 12.3. The molecule has 10 heteroatoms. The van der Waals surface area contributed by atoms with Crippen LogP contribution in [0.5, 0.6) is 5.75 Å². The second kappa shape index (κ2) is 11.4. The summed E-state index contributed by atoms with van der Waals surface area (Å²) in [5, 5.41) is -0.263. The van der Waals surface area contributed by atoms with Crippen molar-refractivity contribution in [3.63, 3.8) is 0 Å². The second-order valence-corrected chi connectivity index (χ2v) is 12.7. The molecule has 34 heavy (non-hydrogen) atoms. The molecule has 190 valence electrons. The number of carbonyl (C=O) groups is 1. The Labute approximate surface area is 214 Å². The largest absolute Gasteiger partial charge is 0.486 e. The number of benzene rings is 1. The van der Waals surface area contributed by atoms with Crippen molar-refractivity contribution in [3.8, 4) is 5.75 Å². The van der Waals surface area contributed by atoms with Crippen LogP contribution in [-0.2, 0) is 15.7 Å². The van der Waals surface area contributed by atoms with Gasteiger partial charge in [0.25, 0.3) is 0 Å². The number of amides is 1. The van der Waals surface area contributed by atoms with Gasteiger partial charge in [0.05, 0.1) is 20.5 Å². The number of hydrogen-bond donors (Lipinski definition) is 0. The van der Waals surface area contributed by atoms with E-state index >= 15 is 4.39 Å². The fourth-order valence-corrected chi connectivity index (χ4v) is 4.32. The summed E-state index contributed by atoms with van der Waals surface area (Å²) in [6, 6.07) is 1.49. The molecule has 6 nitrogen and oxygen atoms in total. The van der Waals surface area contributed by atoms with Crippen molar-refractivity contribution >= 4 is 46.0 Å². The molecule has 1 aliphatic rings. The average molecular weight is 536 g/mol. The van der Waals surface area contributed by atoms with Gasteiger partial charge in [0.1, 0.15) is 23.2 Å². The number of likely N-dealkylation sites (tertiary alicyclic amines) is 1. The molecule has 0 spiro atoms. The fourth-order valence-electron chi connectivity index (χ4n) is 3.28. The molecule has 0 radical (unpaired) electrons. The van der Waals surface area contributed by atoms with Gasteiger partial charge in [-0.1, -0.05) is 35.9 Å². The average Bonchev–Trinajstić information content (AvgIpc) is 2.73. The Morgan fingerprint density at radius 1 is 1.26 bits per heavy atom. The van der Waals surface area contributed by atoms with Gasteiger partial charge in [0.15, 0.2) is 11.6 Å². The monoisotopic (exact) mass is 534 g/mol. The van der Waals surface area contributed by atoms with E-state index in [2.05, 4.69) is 11.0 Å². The Balaban J connectivity index is 2.48. The summed E-state index contributed by atoms with van der Waals surface area (Å²) < 4.78 is 43.1. The molecule has 1 aromatic rings. The first kappa shape index (κ1) is 28.6. The lowest BCUT2D eigenvalue weighted by atomic mass is 9.88. The maximum absolute atomic E-state index is 15.1. The number of hydrogen-bond acceptors (Lipinski definition) is 4. The van der Waals surface area contributed by atoms with E-state index in [-0.39, 0.29) is 28.3 Å². The molecule has 2 rings (SSSR count). The van der Waals surface area contributed by atoms with Gasteiger partial charge in [-0.3, -0.25) is 0 Å². The minimum absolute atomic E-state index is 0.000511. The van der Waals surface area contributed by atoms with E-state index in [9.17, 15) is 9.00 Å². The molecular formula is C24H33Cl2FN2O4S. The third kappa shape index (κ3) is 7.43. The van der Waals surface area contributed by atoms with Crippen LogP contribution in [0.25, 0.3) is 0 Å². The first-order valence-electron chi connectivity index (χ1n) is 11.1. The summed E-state index contributed by atoms with van der Waals surface area (Å²) in [6.07, 6.45) is 2.12. The molecule has 1 atom stereocenters. The highest BCUT2D eigenvalue weighted by Crippen LogP contribution is 2.38. The van der Waals surface area contributed by atoms with E-state index < -0.39 is 33.2 Å². The summed E-state index contributed by atoms with van der Waals surface area (Å²) in [7, 11) is -1.62. The highest BCUT2D eigenvalue weighted by molar-refractivity contribution is 7.85. The van der Waals surface area contributed by atoms with E-state index in [0.717, 1.165) is 0 Å². The van der Waals surface area contributed by atoms with Crippen molar-refractivity contribution in [1.82, 2.24) is 4.90 Å². The SMILES string of the molecule is C=CCOc1c(C(=NS(=O)C(C)(C)C)C2CCN(C(=O)OC(C)(C)C)CC2)cc(Cl)c(Cl)c1F. The topological polar surface area (TPSA) is 68.2 Å². The molecular weight excluding hydrogens is 502 g/mol. The van der Waals surface area contributed by atoms with Crippen LogP contribution in [0.4, 0.5) is 9.18 Å². The van der Waals surface area contributed by atoms with E-state index in [1.807, 2.05) is 20.8 Å². The van der Waals surface area contributed by atoms with Crippen LogP contribution < -0.4 is 4.74 Å². The van der Waals surface area contributed by atoms with Crippen LogP contribution in [-0.4, -0.2) is 51.0 Å². The Bertz CT molecular complexity index is 979. The van der Waals surface area contributed by atoms with Crippen LogP contribution in [0.1, 0.15) is 59.9 Å². The molecule has 0 aliphatic carbocycles. The van der Waals surface area contributed by atoms with Crippen molar-refractivity contribution in [2.45, 2.75) is 64.7 Å². The van der Waals surface area contributed by atoms with Gasteiger partial charge >= 0.3 is 6.09 Å². The molecule has 1 unspecified atom stereocenters. The quantitative estimate of drug-likeness (QED) is 0.234. The summed E-state index contributed by atoms with van der Waals surface area (Å²) in [5.41, 5.74) is 0.106. The van der Waals surface area contributed by atoms with E-state index in [4.69, 9.17) is 32.7 Å². The molecule has 1 aromatic carbocycles. The van der Waals surface area contributed by atoms with Crippen molar-refractivity contribution in [3.05, 3.63) is 40.1 Å². The van der Waals surface area contributed by atoms with E-state index in [1.54, 1.807) is 25.7 Å². The highest BCUT2D eigenvalue weighted by Gasteiger charge is 2.33. The van der Waals surface area contributed by atoms with Crippen LogP contribution in [0.15, 0.2) is 23.1 Å². The Morgan fingerprint density at radius 2 is 1.85 bits per heavy atom. The lowest BCUT2D eigenvalue weighted by Gasteiger charge is -2.34. The van der Waals surface area contributed by atoms with Gasteiger partial charge in [0, 0.05) is 24.6 Å². The smallest absolute Gasteiger partial charge is 0.410 e. The molecule has 1 heterocycles. The van der Waals surface area contributed by atoms with Crippen LogP contribution in [0.3, 0.4) is 0 Å². The first-order chi connectivity index (χ1) is 15.7. The van der Waals surface area contributed by atoms with Crippen LogP contribution in [0, 0.1) is 11.7 Å². The Kier molecular flexibility index (Phi) is 9.59. The number of ether oxygens (including phenoxy) is 2. The van der Waals surface area contributed by atoms with E-state index in [1.165, 1.54) is 12.1 Å². The zero-order chi connectivity index (χ0) is 25.8. The summed E-state index contributed by atoms with van der Waals surface area (Å²) in [6.45, 7) is 15.3. The van der Waals surface area contributed by atoms with Crippen LogP contribution >= 0.6 is 23.2 Å². The number of halogens is 3. The molecule has 1 fully saturated rings. The minimum atomic E-state index is -1.62. The summed E-state index contributed by atoms with van der Waals surface area (Å²) in [4.78, 5) is 14.1. The molecule has 1 aliphatic heterocycles. The van der Waals surface area contributed by atoms with Crippen molar-refractivity contribution < 1.29 is 22.9 Å². The predicted molar refractivity (Wildman–Crippen MR) is 137 cm³/mol. The number of carbonyl (C=O) groups excluding carboxylic acids is 1. The lowest BCUT2D eigenvalue weighted by Crippen LogP contribution is -2.43. The maximum atomic E-state index is 15.1. The standard InChI is InChI=1S/C24H33Cl2FN2O4S/c1-8-13-32-21-16(14-17(25)18(26)19(21)27)20(28-34(31)24(5,6)7)15-9-11-29(12-10-15)22(30)33-23(2,3)4/h8,14-15H,1,9-13H2,2-7H3. The fraction of sp³-hybridized carbons (Fsp3) is 0.583. The number of piperidine rings is 1. The maximum Gasteiger partial charge on any atom is 0.410 e. The van der Waals surface area contributed by atoms with Gasteiger partial charge in [0.2, 0.25) is 0 Å². The van der Waals surface area contributed by atoms with E-state index in [0.29, 0.717) is 37.2 Å². The zero-order valence-corrected chi connectivity index (χ0v) is 22.9. The second-order valence-electron chi connectivity index (χ2n) is 10.0. The predicted octanol–water partition coefficient (Wildman–Crippen LogP) is 6.60. The normalized spacial score (nSPS) is 16.9. The Hall–Kier alpha value is -1.64. The minimum Gasteiger partial charge on any atom is -0.486 e. The third-order valence-electron chi connectivity index (χ3n) is 4.98. The van der Waals surface area contributed by atoms with Gasteiger partial charge < -0.3 is 14.4 Å². The third-order valence-corrected chi connectivity index (χ3v) is 7.15. The van der Waals surface area contributed by atoms with Crippen molar-refractivity contribution in [1.29, 1.82) is 0 Å². The molecule has 1 saturated heterocycles. The zero-order valence-electron chi connectivity index (χ0n) is 20.5. The van der Waals surface area contributed by atoms with Crippen molar-refractivity contribution in [2.24, 2.45) is 10.3 Å². The van der Waals surface area contributed by atoms with Gasteiger partial charge in [-0.2, -0.15) is 4.40 Å². The molecule has 0 N–H and O–H groups in total. The first-order valence-corrected chi connectivity index (χ1v) is 12.9. The number of nitrogens with zero attached hydrogens (tertiary/aromatic N) is 2. The lowest BCUT2D eigenvalue weighted by molar-refractivity contribution is 0.0202. The molecule has 0 bridgehead atoms. The molecule has 0 saturated carbocycles. The van der Waals surface area contributed by atoms with Gasteiger partial charge in [-0.15, -0.1) is 0 Å². The van der Waals surface area contributed by atoms with Gasteiger partial charge in [-0.25, -0.2) is 13.4 Å². The van der Waals surface area contributed by atoms with Gasteiger partial charge in [-0.05, 0) is 60.5 Å². The molecule has 1 amide bonds. The Morgan fingerprint density at radius 3 is 2.35 bits per heavy atom. The van der Waals surface area contributed by atoms with Crippen LogP contribution in [0.2, 0.25) is 10.0 Å².